The molecule has 1 aliphatic rings. The molecule has 1 aliphatic heterocycles. The molecule has 1 amide bonds. The summed E-state index contributed by atoms with van der Waals surface area (Å²) < 4.78 is 34.3. The predicted octanol–water partition coefficient (Wildman–Crippen LogP) is 1.08. The Kier molecular flexibility index (Phi) is 5.05. The van der Waals surface area contributed by atoms with Crippen LogP contribution in [0.15, 0.2) is 40.4 Å². The molecule has 7 nitrogen and oxygen atoms in total. The fraction of sp³-hybridized carbons (Fsp3) is 0.333. The lowest BCUT2D eigenvalue weighted by molar-refractivity contribution is -0.118. The van der Waals surface area contributed by atoms with E-state index in [2.05, 4.69) is 9.71 Å². The lowest BCUT2D eigenvalue weighted by Crippen LogP contribution is -2.38. The molecule has 0 bridgehead atoms. The van der Waals surface area contributed by atoms with Crippen LogP contribution in [-0.4, -0.2) is 45.0 Å². The summed E-state index contributed by atoms with van der Waals surface area (Å²) in [6.07, 6.45) is 2.20. The highest BCUT2D eigenvalue weighted by Crippen LogP contribution is 2.24. The lowest BCUT2D eigenvalue weighted by Gasteiger charge is -2.24. The molecule has 0 atom stereocenters. The molecule has 124 valence electrons. The maximum Gasteiger partial charge on any atom is 0.345 e. The minimum absolute atomic E-state index is 0.0226. The Morgan fingerprint density at radius 3 is 2.70 bits per heavy atom. The molecular formula is C15H19N3O4S. The highest BCUT2D eigenvalue weighted by molar-refractivity contribution is 7.88. The Bertz CT molecular complexity index is 769. The number of hydrogen-bond acceptors (Lipinski definition) is 4. The minimum atomic E-state index is -3.97. The summed E-state index contributed by atoms with van der Waals surface area (Å²) in [5, 5.41) is 2.67. The summed E-state index contributed by atoms with van der Waals surface area (Å²) in [5.41, 5.74) is 0.698. The summed E-state index contributed by atoms with van der Waals surface area (Å²) in [5.74, 6) is 0.0239. The highest BCUT2D eigenvalue weighted by atomic mass is 32.2. The van der Waals surface area contributed by atoms with Crippen LogP contribution in [0, 0.1) is 0 Å². The van der Waals surface area contributed by atoms with Gasteiger partial charge in [-0.3, -0.25) is 4.79 Å². The minimum Gasteiger partial charge on any atom is -0.496 e. The zero-order chi connectivity index (χ0) is 17.0. The third kappa shape index (κ3) is 3.53. The summed E-state index contributed by atoms with van der Waals surface area (Å²) >= 11 is 0. The van der Waals surface area contributed by atoms with Crippen LogP contribution >= 0.6 is 0 Å². The maximum atomic E-state index is 12.2. The number of benzene rings is 1. The van der Waals surface area contributed by atoms with Crippen molar-refractivity contribution >= 4 is 21.8 Å². The largest absolute Gasteiger partial charge is 0.496 e. The van der Waals surface area contributed by atoms with E-state index in [0.717, 1.165) is 10.7 Å². The molecule has 8 heteroatoms. The van der Waals surface area contributed by atoms with E-state index in [1.54, 1.807) is 24.3 Å². The van der Waals surface area contributed by atoms with E-state index in [4.69, 9.17) is 4.74 Å². The maximum absolute atomic E-state index is 12.2. The molecule has 2 rings (SSSR count). The van der Waals surface area contributed by atoms with Crippen molar-refractivity contribution in [1.82, 2.24) is 9.62 Å². The molecule has 0 spiro atoms. The third-order valence-corrected chi connectivity index (χ3v) is 4.64. The van der Waals surface area contributed by atoms with Gasteiger partial charge in [0.2, 0.25) is 0 Å². The van der Waals surface area contributed by atoms with Crippen molar-refractivity contribution in [1.29, 1.82) is 0 Å². The number of carbonyl (C=O) groups excluding carboxylic acids is 1. The number of nitrogens with zero attached hydrogens (tertiary/aromatic N) is 2. The van der Waals surface area contributed by atoms with E-state index in [0.29, 0.717) is 17.9 Å². The number of allylic oxidation sites excluding steroid dienone is 1. The van der Waals surface area contributed by atoms with E-state index < -0.39 is 16.1 Å². The average Bonchev–Trinajstić information content (AvgIpc) is 2.54. The average molecular weight is 337 g/mol. The molecule has 0 aliphatic carbocycles. The molecule has 1 aromatic carbocycles. The zero-order valence-electron chi connectivity index (χ0n) is 13.2. The summed E-state index contributed by atoms with van der Waals surface area (Å²) in [6.45, 7) is 2.38. The lowest BCUT2D eigenvalue weighted by atomic mass is 10.1. The SMILES string of the molecule is CCCNC(=O)C1=CC(c2ccccc2OC)=NS(=O)(=O)N1C. The van der Waals surface area contributed by atoms with Crippen LogP contribution < -0.4 is 10.1 Å². The molecule has 1 aromatic rings. The summed E-state index contributed by atoms with van der Waals surface area (Å²) in [6, 6.07) is 6.91. The number of likely N-dealkylation sites (N-methyl/N-ethyl adjacent to an activating group) is 1. The van der Waals surface area contributed by atoms with Gasteiger partial charge in [0.1, 0.15) is 11.4 Å². The Morgan fingerprint density at radius 2 is 2.04 bits per heavy atom. The first-order chi connectivity index (χ1) is 10.9. The first-order valence-electron chi connectivity index (χ1n) is 7.12. The van der Waals surface area contributed by atoms with E-state index >= 15 is 0 Å². The van der Waals surface area contributed by atoms with Gasteiger partial charge < -0.3 is 10.1 Å². The fourth-order valence-corrected chi connectivity index (χ4v) is 2.98. The molecule has 0 saturated heterocycles. The van der Waals surface area contributed by atoms with E-state index in [-0.39, 0.29) is 11.4 Å². The van der Waals surface area contributed by atoms with Crippen LogP contribution in [0.2, 0.25) is 0 Å². The smallest absolute Gasteiger partial charge is 0.345 e. The molecule has 1 N–H and O–H groups in total. The number of rotatable bonds is 5. The molecule has 0 radical (unpaired) electrons. The number of methoxy groups -OCH3 is 1. The standard InChI is InChI=1S/C15H19N3O4S/c1-4-9-16-15(19)13-10-12(17-23(20,21)18(13)2)11-7-5-6-8-14(11)22-3/h5-8,10H,4,9H2,1-3H3,(H,16,19). The van der Waals surface area contributed by atoms with Gasteiger partial charge in [-0.2, -0.15) is 8.42 Å². The Balaban J connectivity index is 2.50. The van der Waals surface area contributed by atoms with E-state index in [1.165, 1.54) is 20.2 Å². The molecule has 1 heterocycles. The van der Waals surface area contributed by atoms with E-state index in [1.807, 2.05) is 6.92 Å². The number of ether oxygens (including phenoxy) is 1. The quantitative estimate of drug-likeness (QED) is 0.871. The molecule has 0 fully saturated rings. The van der Waals surface area contributed by atoms with Gasteiger partial charge in [-0.1, -0.05) is 19.1 Å². The summed E-state index contributed by atoms with van der Waals surface area (Å²) in [4.78, 5) is 12.2. The fourth-order valence-electron chi connectivity index (χ4n) is 2.08. The van der Waals surface area contributed by atoms with Gasteiger partial charge in [-0.05, 0) is 24.6 Å². The second-order valence-electron chi connectivity index (χ2n) is 4.91. The molecule has 0 unspecified atom stereocenters. The first kappa shape index (κ1) is 17.0. The Morgan fingerprint density at radius 1 is 1.35 bits per heavy atom. The second kappa shape index (κ2) is 6.82. The van der Waals surface area contributed by atoms with Gasteiger partial charge in [0.15, 0.2) is 0 Å². The molecule has 0 saturated carbocycles. The van der Waals surface area contributed by atoms with Crippen molar-refractivity contribution < 1.29 is 17.9 Å². The van der Waals surface area contributed by atoms with Gasteiger partial charge in [0.25, 0.3) is 5.91 Å². The van der Waals surface area contributed by atoms with Crippen molar-refractivity contribution in [3.05, 3.63) is 41.6 Å². The summed E-state index contributed by atoms with van der Waals surface area (Å²) in [7, 11) is -1.18. The van der Waals surface area contributed by atoms with Crippen LogP contribution in [-0.2, 0) is 15.0 Å². The van der Waals surface area contributed by atoms with Crippen molar-refractivity contribution in [2.75, 3.05) is 20.7 Å². The van der Waals surface area contributed by atoms with Gasteiger partial charge in [0.05, 0.1) is 12.8 Å². The molecule has 23 heavy (non-hydrogen) atoms. The van der Waals surface area contributed by atoms with Crippen LogP contribution in [0.4, 0.5) is 0 Å². The van der Waals surface area contributed by atoms with Gasteiger partial charge >= 0.3 is 10.2 Å². The molecule has 0 aromatic heterocycles. The number of hydrogen-bond donors (Lipinski definition) is 1. The normalized spacial score (nSPS) is 16.4. The highest BCUT2D eigenvalue weighted by Gasteiger charge is 2.30. The van der Waals surface area contributed by atoms with Crippen molar-refractivity contribution in [2.45, 2.75) is 13.3 Å². The van der Waals surface area contributed by atoms with Crippen LogP contribution in [0.1, 0.15) is 18.9 Å². The third-order valence-electron chi connectivity index (χ3n) is 3.32. The predicted molar refractivity (Wildman–Crippen MR) is 87.6 cm³/mol. The monoisotopic (exact) mass is 337 g/mol. The van der Waals surface area contributed by atoms with Gasteiger partial charge in [0, 0.05) is 19.2 Å². The number of nitrogens with one attached hydrogen (secondary N) is 1. The number of para-hydroxylation sites is 1. The van der Waals surface area contributed by atoms with Crippen LogP contribution in [0.3, 0.4) is 0 Å². The number of amides is 1. The zero-order valence-corrected chi connectivity index (χ0v) is 14.1. The van der Waals surface area contributed by atoms with Gasteiger partial charge in [-0.25, -0.2) is 4.31 Å². The first-order valence-corrected chi connectivity index (χ1v) is 8.52. The van der Waals surface area contributed by atoms with Gasteiger partial charge in [-0.15, -0.1) is 4.40 Å². The Hall–Kier alpha value is -2.35. The topological polar surface area (TPSA) is 88.1 Å². The Labute approximate surface area is 135 Å². The van der Waals surface area contributed by atoms with Crippen molar-refractivity contribution in [3.63, 3.8) is 0 Å². The van der Waals surface area contributed by atoms with E-state index in [9.17, 15) is 13.2 Å². The molecular weight excluding hydrogens is 318 g/mol. The van der Waals surface area contributed by atoms with Crippen molar-refractivity contribution in [2.24, 2.45) is 4.40 Å². The van der Waals surface area contributed by atoms with Crippen LogP contribution in [0.5, 0.6) is 5.75 Å². The number of carbonyl (C=O) groups is 1. The van der Waals surface area contributed by atoms with Crippen molar-refractivity contribution in [3.8, 4) is 5.75 Å². The van der Waals surface area contributed by atoms with Crippen LogP contribution in [0.25, 0.3) is 0 Å². The second-order valence-corrected chi connectivity index (χ2v) is 6.53.